The number of ether oxygens (including phenoxy) is 1. The first-order chi connectivity index (χ1) is 48.3. The van der Waals surface area contributed by atoms with E-state index in [1.807, 2.05) is 191 Å². The van der Waals surface area contributed by atoms with Gasteiger partial charge in [-0.1, -0.05) is 118 Å². The van der Waals surface area contributed by atoms with E-state index >= 15 is 0 Å². The number of aromatic amines is 1. The van der Waals surface area contributed by atoms with E-state index in [-0.39, 0.29) is 28.8 Å². The van der Waals surface area contributed by atoms with Crippen molar-refractivity contribution >= 4 is 118 Å². The third-order valence-corrected chi connectivity index (χ3v) is 33.4. The fraction of sp³-hybridized carbons (Fsp3) is 0.500. The number of benzene rings is 4. The van der Waals surface area contributed by atoms with Gasteiger partial charge in [0.05, 0.1) is 22.7 Å². The summed E-state index contributed by atoms with van der Waals surface area (Å²) >= 11 is 3.39. The van der Waals surface area contributed by atoms with E-state index in [2.05, 4.69) is 114 Å². The molecule has 6 aromatic rings. The number of hydrogen-bond acceptors (Lipinski definition) is 16. The van der Waals surface area contributed by atoms with Gasteiger partial charge in [0.25, 0.3) is 8.32 Å². The molecule has 8 rings (SSSR count). The van der Waals surface area contributed by atoms with E-state index in [4.69, 9.17) is 26.0 Å². The van der Waals surface area contributed by atoms with Crippen molar-refractivity contribution in [3.63, 3.8) is 0 Å². The van der Waals surface area contributed by atoms with Crippen LogP contribution in [0, 0.1) is 27.7 Å². The van der Waals surface area contributed by atoms with Crippen LogP contribution >= 0.6 is 23.5 Å². The second kappa shape index (κ2) is 39.5. The Morgan fingerprint density at radius 3 is 0.953 bits per heavy atom. The number of nitrogens with zero attached hydrogens (tertiary/aromatic N) is 7. The molecule has 2 aliphatic rings. The number of fused-ring (bicyclic) bond motifs is 4. The molecule has 0 atom stereocenters. The van der Waals surface area contributed by atoms with Gasteiger partial charge in [-0.25, -0.2) is 24.4 Å². The van der Waals surface area contributed by atoms with Crippen molar-refractivity contribution in [3.8, 4) is 0 Å². The number of H-pyrrole nitrogens is 1. The molecule has 0 fully saturated rings. The van der Waals surface area contributed by atoms with E-state index in [1.54, 1.807) is 74.9 Å². The highest BCUT2D eigenvalue weighted by atomic mass is 32.2. The number of amides is 2. The third kappa shape index (κ3) is 26.8. The molecule has 0 unspecified atom stereocenters. The number of carbonyl (C=O) groups excluding carboxylic acids is 2. The van der Waals surface area contributed by atoms with Crippen LogP contribution < -0.4 is 34.4 Å². The maximum Gasteiger partial charge on any atom is 0.522 e. The average Bonchev–Trinajstić information content (AvgIpc) is 0.761. The van der Waals surface area contributed by atoms with E-state index in [1.165, 1.54) is 17.0 Å². The molecule has 2 N–H and O–H groups in total. The first-order valence-corrected chi connectivity index (χ1v) is 43.3. The fourth-order valence-electron chi connectivity index (χ4n) is 11.9. The minimum absolute atomic E-state index is 0.227. The van der Waals surface area contributed by atoms with E-state index in [9.17, 15) is 44.3 Å². The number of halogens is 6. The lowest BCUT2D eigenvalue weighted by Gasteiger charge is -2.43. The molecule has 106 heavy (non-hydrogen) atoms. The molecule has 4 aromatic carbocycles. The Labute approximate surface area is 639 Å². The molecule has 30 heteroatoms. The Morgan fingerprint density at radius 1 is 0.491 bits per heavy atom. The SMILES string of the molecule is C=C(C)C.CC(C)[Si](OC(=O)N1c2ccc(N(C)C)cc2Sc2cc(N(C)C)ccc21)(C(C)C)C(C)C.CC(C)[Si](OS(=O)(=O)C(F)(F)F)(C(C)C)C(C)C.CN(C)c1ccc2c(c1)Sc1cc(N(C)C)ccc1N2C(=O)OC(C)(C)C.Cc1cccc(C)[nH+]1.Cc1cccc(C)n1.O=S(=O)(O)C(F)(F)F. The van der Waals surface area contributed by atoms with Crippen molar-refractivity contribution in [1.82, 2.24) is 4.98 Å². The number of nitrogens with one attached hydrogen (secondary N) is 1. The molecule has 2 amide bonds. The highest BCUT2D eigenvalue weighted by molar-refractivity contribution is 8.00. The molecule has 0 saturated heterocycles. The van der Waals surface area contributed by atoms with Gasteiger partial charge in [0.1, 0.15) is 5.60 Å². The first-order valence-electron chi connectivity index (χ1n) is 34.5. The summed E-state index contributed by atoms with van der Waals surface area (Å²) in [7, 11) is -0.648. The Kier molecular flexibility index (Phi) is 35.5. The predicted molar refractivity (Wildman–Crippen MR) is 431 cm³/mol. The number of hydrogen-bond donors (Lipinski definition) is 1. The van der Waals surface area contributed by atoms with Crippen LogP contribution in [0.5, 0.6) is 0 Å². The lowest BCUT2D eigenvalue weighted by molar-refractivity contribution is -0.396. The van der Waals surface area contributed by atoms with Gasteiger partial charge in [0.15, 0.2) is 11.4 Å². The van der Waals surface area contributed by atoms with Crippen LogP contribution in [0.1, 0.15) is 140 Å². The quantitative estimate of drug-likeness (QED) is 0.0376. The number of alkyl halides is 6. The average molecular weight is 1600 g/mol. The van der Waals surface area contributed by atoms with Crippen LogP contribution in [0.4, 0.5) is 81.4 Å². The largest absolute Gasteiger partial charge is 0.522 e. The standard InChI is InChI=1S/C26H39N3O2SSi.C21H27N3O2S.C10H21F3O3SSi.2C7H9N.C4H8.CHF3O3S/c1-17(2)33(18(3)4,19(5)6)31-26(30)29-22-13-11-20(27(7)8)15-24(22)32-25-16-21(28(9)10)12-14-23(25)29;1-21(2,3)26-20(25)24-16-10-8-14(22(4)5)12-18(16)27-19-13-15(23(6)7)9-11-17(19)24;1-7(2)18(8(3)4,9(5)6)16-17(14,15)10(11,12)13;2*1-6-4-3-5-7(2)8-6;1-4(2)3;2-1(3,4)8(5,6)7/h11-19H,1-10H3;8-13H,1-7H3;7-9H,1-6H3;2*3-5H,1-2H3;1H2,2-3H3;(H,5,6,7)/p+1. The summed E-state index contributed by atoms with van der Waals surface area (Å²) in [4.78, 5) is 50.4. The van der Waals surface area contributed by atoms with Gasteiger partial charge in [0, 0.05) is 136 Å². The van der Waals surface area contributed by atoms with Crippen molar-refractivity contribution in [3.05, 3.63) is 144 Å². The van der Waals surface area contributed by atoms with Gasteiger partial charge >= 0.3 is 43.4 Å². The van der Waals surface area contributed by atoms with Crippen LogP contribution in [0.15, 0.2) is 141 Å². The van der Waals surface area contributed by atoms with Crippen molar-refractivity contribution in [1.29, 1.82) is 0 Å². The number of pyridine rings is 2. The lowest BCUT2D eigenvalue weighted by atomic mass is 10.2. The van der Waals surface area contributed by atoms with Crippen LogP contribution in [0.25, 0.3) is 0 Å². The second-order valence-electron chi connectivity index (χ2n) is 29.6. The topological polar surface area (TPSA) is 197 Å². The van der Waals surface area contributed by atoms with Gasteiger partial charge in [-0.15, -0.1) is 6.58 Å². The van der Waals surface area contributed by atoms with Gasteiger partial charge in [-0.3, -0.25) is 9.54 Å². The molecule has 2 aliphatic heterocycles. The molecular formula is C76H115F6N8O10S4Si2+. The lowest BCUT2D eigenvalue weighted by Crippen LogP contribution is -2.51. The normalized spacial score (nSPS) is 12.7. The number of anilines is 8. The molecule has 0 spiro atoms. The summed E-state index contributed by atoms with van der Waals surface area (Å²) in [5, 5.41) is 0. The minimum Gasteiger partial charge on any atom is -0.502 e. The summed E-state index contributed by atoms with van der Waals surface area (Å²) in [6.07, 6.45) is -0.615. The zero-order valence-corrected chi connectivity index (χ0v) is 72.5. The van der Waals surface area contributed by atoms with Gasteiger partial charge in [-0.2, -0.15) is 43.2 Å². The Hall–Kier alpha value is -6.81. The van der Waals surface area contributed by atoms with Gasteiger partial charge < -0.3 is 32.6 Å². The Morgan fingerprint density at radius 2 is 0.755 bits per heavy atom. The Bertz CT molecular complexity index is 3890. The summed E-state index contributed by atoms with van der Waals surface area (Å²) in [5.74, 6) is 0. The van der Waals surface area contributed by atoms with Crippen LogP contribution in [0.2, 0.25) is 33.2 Å². The zero-order valence-electron chi connectivity index (χ0n) is 67.2. The zero-order chi connectivity index (χ0) is 82.1. The molecule has 4 heterocycles. The summed E-state index contributed by atoms with van der Waals surface area (Å²) in [6, 6.07) is 36.9. The van der Waals surface area contributed by atoms with E-state index < -0.39 is 53.5 Å². The van der Waals surface area contributed by atoms with Crippen LogP contribution in [0.3, 0.4) is 0 Å². The Balaban J connectivity index is 0.000000465. The van der Waals surface area contributed by atoms with Gasteiger partial charge in [-0.05, 0) is 173 Å². The molecule has 0 saturated carbocycles. The number of allylic oxidation sites excluding steroid dienone is 1. The maximum absolute atomic E-state index is 14.0. The van der Waals surface area contributed by atoms with E-state index in [0.29, 0.717) is 16.6 Å². The van der Waals surface area contributed by atoms with Crippen molar-refractivity contribution in [2.24, 2.45) is 0 Å². The highest BCUT2D eigenvalue weighted by Gasteiger charge is 2.57. The van der Waals surface area contributed by atoms with Crippen molar-refractivity contribution in [2.45, 2.75) is 215 Å². The molecule has 0 aliphatic carbocycles. The molecule has 592 valence electrons. The number of rotatable bonds is 13. The third-order valence-electron chi connectivity index (χ3n) is 16.6. The summed E-state index contributed by atoms with van der Waals surface area (Å²) in [5.41, 5.74) is 2.50. The number of aromatic nitrogens is 2. The smallest absolute Gasteiger partial charge is 0.502 e. The summed E-state index contributed by atoms with van der Waals surface area (Å²) in [6.45, 7) is 44.8. The van der Waals surface area contributed by atoms with Crippen LogP contribution in [-0.2, 0) is 33.3 Å². The van der Waals surface area contributed by atoms with Crippen molar-refractivity contribution in [2.75, 3.05) is 85.8 Å². The fourth-order valence-corrected chi connectivity index (χ4v) is 27.4. The monoisotopic (exact) mass is 1600 g/mol. The van der Waals surface area contributed by atoms with Crippen LogP contribution in [-0.4, -0.2) is 128 Å². The molecular weight excluding hydrogens is 1480 g/mol. The summed E-state index contributed by atoms with van der Waals surface area (Å²) < 4.78 is 135. The van der Waals surface area contributed by atoms with Gasteiger partial charge in [0.2, 0.25) is 8.32 Å². The predicted octanol–water partition coefficient (Wildman–Crippen LogP) is 21.9. The maximum atomic E-state index is 14.0. The molecule has 18 nitrogen and oxygen atoms in total. The minimum atomic E-state index is -5.84. The number of aryl methyl sites for hydroxylation is 4. The molecule has 0 bridgehead atoms. The van der Waals surface area contributed by atoms with E-state index in [0.717, 1.165) is 76.5 Å². The second-order valence-corrected chi connectivity index (χ2v) is 45.8. The number of carbonyl (C=O) groups is 2. The van der Waals surface area contributed by atoms with Crippen molar-refractivity contribution < 1.29 is 75.3 Å². The first kappa shape index (κ1) is 95.3. The molecule has 0 radical (unpaired) electrons. The highest BCUT2D eigenvalue weighted by Crippen LogP contribution is 2.54. The molecule has 2 aromatic heterocycles.